The van der Waals surface area contributed by atoms with Crippen LogP contribution < -0.4 is 0 Å². The molecule has 0 aliphatic rings. The fourth-order valence-electron chi connectivity index (χ4n) is 1.97. The second kappa shape index (κ2) is 4.44. The van der Waals surface area contributed by atoms with Crippen molar-refractivity contribution >= 4 is 38.5 Å². The third-order valence-corrected chi connectivity index (χ3v) is 4.08. The molecular formula is C12H11BrN4S. The number of imidazole rings is 1. The highest BCUT2D eigenvalue weighted by Gasteiger charge is 2.14. The van der Waals surface area contributed by atoms with Crippen LogP contribution in [-0.4, -0.2) is 19.6 Å². The zero-order valence-corrected chi connectivity index (χ0v) is 12.4. The van der Waals surface area contributed by atoms with Crippen LogP contribution in [0.1, 0.15) is 18.2 Å². The molecule has 2 aromatic heterocycles. The first kappa shape index (κ1) is 11.8. The summed E-state index contributed by atoms with van der Waals surface area (Å²) in [6.45, 7) is 4.13. The second-order valence-corrected chi connectivity index (χ2v) is 5.78. The minimum atomic E-state index is 0.859. The molecule has 4 nitrogen and oxygen atoms in total. The maximum atomic E-state index is 4.66. The van der Waals surface area contributed by atoms with Crippen molar-refractivity contribution in [3.63, 3.8) is 0 Å². The summed E-state index contributed by atoms with van der Waals surface area (Å²) in [5.74, 6) is 0.859. The van der Waals surface area contributed by atoms with Gasteiger partial charge in [-0.15, -0.1) is 5.10 Å². The number of H-pyrrole nitrogens is 1. The fourth-order valence-corrected chi connectivity index (χ4v) is 3.24. The summed E-state index contributed by atoms with van der Waals surface area (Å²) in [5, 5.41) is 4.12. The zero-order chi connectivity index (χ0) is 12.7. The lowest BCUT2D eigenvalue weighted by atomic mass is 10.2. The molecule has 3 aromatic rings. The van der Waals surface area contributed by atoms with E-state index >= 15 is 0 Å². The predicted octanol–water partition coefficient (Wildman–Crippen LogP) is 3.71. The molecule has 0 amide bonds. The summed E-state index contributed by atoms with van der Waals surface area (Å²) in [5.41, 5.74) is 4.18. The third kappa shape index (κ3) is 1.85. The fraction of sp³-hybridized carbons (Fsp3) is 0.250. The minimum Gasteiger partial charge on any atom is -0.337 e. The molecule has 1 N–H and O–H groups in total. The van der Waals surface area contributed by atoms with Crippen molar-refractivity contribution in [2.24, 2.45) is 0 Å². The van der Waals surface area contributed by atoms with E-state index < -0.39 is 0 Å². The molecule has 2 heterocycles. The van der Waals surface area contributed by atoms with E-state index in [9.17, 15) is 0 Å². The van der Waals surface area contributed by atoms with Gasteiger partial charge in [-0.25, -0.2) is 4.98 Å². The summed E-state index contributed by atoms with van der Waals surface area (Å²) in [7, 11) is 0. The highest BCUT2D eigenvalue weighted by atomic mass is 79.9. The molecule has 1 aromatic carbocycles. The second-order valence-electron chi connectivity index (χ2n) is 4.11. The van der Waals surface area contributed by atoms with Crippen molar-refractivity contribution in [1.29, 1.82) is 0 Å². The van der Waals surface area contributed by atoms with E-state index in [2.05, 4.69) is 55.4 Å². The Kier molecular flexibility index (Phi) is 2.91. The average Bonchev–Trinajstić information content (AvgIpc) is 2.92. The van der Waals surface area contributed by atoms with Crippen LogP contribution in [0, 0.1) is 6.92 Å². The first-order valence-corrected chi connectivity index (χ1v) is 7.23. The lowest BCUT2D eigenvalue weighted by Crippen LogP contribution is -1.85. The minimum absolute atomic E-state index is 0.859. The zero-order valence-electron chi connectivity index (χ0n) is 9.99. The van der Waals surface area contributed by atoms with Gasteiger partial charge in [0.05, 0.1) is 16.7 Å². The summed E-state index contributed by atoms with van der Waals surface area (Å²) in [6, 6.07) is 4.11. The molecule has 92 valence electrons. The van der Waals surface area contributed by atoms with Gasteiger partial charge >= 0.3 is 0 Å². The Morgan fingerprint density at radius 1 is 1.39 bits per heavy atom. The number of aromatic nitrogens is 4. The summed E-state index contributed by atoms with van der Waals surface area (Å²) in [4.78, 5) is 9.03. The molecule has 0 saturated carbocycles. The Hall–Kier alpha value is -1.27. The van der Waals surface area contributed by atoms with Gasteiger partial charge in [-0.1, -0.05) is 27.3 Å². The Morgan fingerprint density at radius 3 is 3.00 bits per heavy atom. The highest BCUT2D eigenvalue weighted by molar-refractivity contribution is 9.10. The molecule has 0 atom stereocenters. The standard InChI is InChI=1S/C12H11BrN4S/c1-3-8-11(18-17-16-8)12-14-9-5-7(13)4-6(2)10(9)15-12/h4-5H,3H2,1-2H3,(H,14,15). The molecule has 0 fully saturated rings. The number of fused-ring (bicyclic) bond motifs is 1. The molecule has 0 bridgehead atoms. The van der Waals surface area contributed by atoms with Gasteiger partial charge in [0, 0.05) is 4.47 Å². The topological polar surface area (TPSA) is 54.5 Å². The van der Waals surface area contributed by atoms with Gasteiger partial charge in [-0.2, -0.15) is 0 Å². The largest absolute Gasteiger partial charge is 0.337 e. The van der Waals surface area contributed by atoms with Crippen LogP contribution in [0.2, 0.25) is 0 Å². The van der Waals surface area contributed by atoms with Gasteiger partial charge in [-0.05, 0) is 42.6 Å². The molecule has 0 radical (unpaired) electrons. The van der Waals surface area contributed by atoms with Gasteiger partial charge in [0.2, 0.25) is 0 Å². The molecule has 0 unspecified atom stereocenters. The molecule has 0 aliphatic carbocycles. The number of aryl methyl sites for hydroxylation is 2. The first-order valence-electron chi connectivity index (χ1n) is 5.66. The van der Waals surface area contributed by atoms with E-state index in [4.69, 9.17) is 0 Å². The van der Waals surface area contributed by atoms with E-state index in [0.717, 1.165) is 43.9 Å². The van der Waals surface area contributed by atoms with Crippen molar-refractivity contribution in [2.75, 3.05) is 0 Å². The third-order valence-electron chi connectivity index (χ3n) is 2.85. The van der Waals surface area contributed by atoms with Gasteiger partial charge < -0.3 is 4.98 Å². The number of aromatic amines is 1. The van der Waals surface area contributed by atoms with E-state index in [1.807, 2.05) is 6.07 Å². The van der Waals surface area contributed by atoms with E-state index in [-0.39, 0.29) is 0 Å². The van der Waals surface area contributed by atoms with Gasteiger partial charge in [0.1, 0.15) is 4.88 Å². The van der Waals surface area contributed by atoms with Crippen molar-refractivity contribution < 1.29 is 0 Å². The van der Waals surface area contributed by atoms with Crippen LogP contribution in [0.4, 0.5) is 0 Å². The van der Waals surface area contributed by atoms with Crippen LogP contribution in [0.5, 0.6) is 0 Å². The molecule has 0 saturated heterocycles. The number of hydrogen-bond acceptors (Lipinski definition) is 4. The monoisotopic (exact) mass is 322 g/mol. The predicted molar refractivity (Wildman–Crippen MR) is 76.8 cm³/mol. The van der Waals surface area contributed by atoms with Gasteiger partial charge in [0.15, 0.2) is 5.82 Å². The lowest BCUT2D eigenvalue weighted by Gasteiger charge is -1.94. The van der Waals surface area contributed by atoms with E-state index in [0.29, 0.717) is 0 Å². The van der Waals surface area contributed by atoms with Crippen LogP contribution >= 0.6 is 27.5 Å². The summed E-state index contributed by atoms with van der Waals surface area (Å²) >= 11 is 4.89. The number of nitrogens with zero attached hydrogens (tertiary/aromatic N) is 3. The Morgan fingerprint density at radius 2 is 2.22 bits per heavy atom. The normalized spacial score (nSPS) is 11.3. The number of rotatable bonds is 2. The van der Waals surface area contributed by atoms with Gasteiger partial charge in [-0.3, -0.25) is 0 Å². The quantitative estimate of drug-likeness (QED) is 0.782. The smallest absolute Gasteiger partial charge is 0.152 e. The van der Waals surface area contributed by atoms with Crippen LogP contribution in [0.3, 0.4) is 0 Å². The molecule has 18 heavy (non-hydrogen) atoms. The van der Waals surface area contributed by atoms with E-state index in [1.165, 1.54) is 11.5 Å². The van der Waals surface area contributed by atoms with Crippen molar-refractivity contribution in [2.45, 2.75) is 20.3 Å². The summed E-state index contributed by atoms with van der Waals surface area (Å²) in [6.07, 6.45) is 0.867. The van der Waals surface area contributed by atoms with Crippen molar-refractivity contribution in [3.05, 3.63) is 27.9 Å². The lowest BCUT2D eigenvalue weighted by molar-refractivity contribution is 0.990. The van der Waals surface area contributed by atoms with Crippen LogP contribution in [0.15, 0.2) is 16.6 Å². The molecule has 6 heteroatoms. The highest BCUT2D eigenvalue weighted by Crippen LogP contribution is 2.29. The molecule has 3 rings (SSSR count). The molecule has 0 aliphatic heterocycles. The van der Waals surface area contributed by atoms with Gasteiger partial charge in [0.25, 0.3) is 0 Å². The number of halogens is 1. The first-order chi connectivity index (χ1) is 8.69. The summed E-state index contributed by atoms with van der Waals surface area (Å²) < 4.78 is 5.06. The number of benzene rings is 1. The maximum Gasteiger partial charge on any atom is 0.152 e. The Balaban J connectivity index is 2.22. The SMILES string of the molecule is CCc1nnsc1-c1nc2c(C)cc(Br)cc2[nH]1. The number of nitrogens with one attached hydrogen (secondary N) is 1. The van der Waals surface area contributed by atoms with E-state index in [1.54, 1.807) is 0 Å². The van der Waals surface area contributed by atoms with Crippen molar-refractivity contribution in [3.8, 4) is 10.7 Å². The average molecular weight is 323 g/mol. The maximum absolute atomic E-state index is 4.66. The van der Waals surface area contributed by atoms with Crippen LogP contribution in [-0.2, 0) is 6.42 Å². The molecular weight excluding hydrogens is 312 g/mol. The number of hydrogen-bond donors (Lipinski definition) is 1. The Labute approximate surface area is 117 Å². The van der Waals surface area contributed by atoms with Crippen LogP contribution in [0.25, 0.3) is 21.7 Å². The molecule has 0 spiro atoms. The Bertz CT molecular complexity index is 716. The van der Waals surface area contributed by atoms with Crippen molar-refractivity contribution in [1.82, 2.24) is 19.6 Å².